The van der Waals surface area contributed by atoms with Crippen LogP contribution in [0.1, 0.15) is 52.7 Å². The van der Waals surface area contributed by atoms with Crippen LogP contribution in [0.2, 0.25) is 0 Å². The minimum atomic E-state index is -0.0263. The highest BCUT2D eigenvalue weighted by Gasteiger charge is 2.29. The molecule has 0 spiro atoms. The number of rotatable bonds is 4. The molecule has 1 aliphatic carbocycles. The molecule has 3 rings (SSSR count). The molecule has 20 heavy (non-hydrogen) atoms. The lowest BCUT2D eigenvalue weighted by Crippen LogP contribution is -2.32. The first-order valence-electron chi connectivity index (χ1n) is 7.14. The van der Waals surface area contributed by atoms with Gasteiger partial charge in [-0.2, -0.15) is 0 Å². The lowest BCUT2D eigenvalue weighted by Gasteiger charge is -2.23. The molecule has 1 amide bonds. The molecule has 1 unspecified atom stereocenters. The van der Waals surface area contributed by atoms with Gasteiger partial charge in [0.1, 0.15) is 5.76 Å². The summed E-state index contributed by atoms with van der Waals surface area (Å²) >= 11 is 1.72. The Morgan fingerprint density at radius 1 is 1.40 bits per heavy atom. The molecule has 106 valence electrons. The predicted molar refractivity (Wildman–Crippen MR) is 79.9 cm³/mol. The fraction of sp³-hybridized carbons (Fsp3) is 0.438. The number of thiophene rings is 1. The second kappa shape index (κ2) is 5.83. The SMILES string of the molecule is Cc1occc1C(=O)NC(c1cccs1)C1CCCC1. The average molecular weight is 289 g/mol. The number of hydrogen-bond acceptors (Lipinski definition) is 3. The second-order valence-electron chi connectivity index (χ2n) is 5.40. The third kappa shape index (κ3) is 2.66. The minimum Gasteiger partial charge on any atom is -0.469 e. The highest BCUT2D eigenvalue weighted by molar-refractivity contribution is 7.10. The van der Waals surface area contributed by atoms with Gasteiger partial charge in [-0.3, -0.25) is 4.79 Å². The van der Waals surface area contributed by atoms with Crippen molar-refractivity contribution >= 4 is 17.2 Å². The molecule has 1 atom stereocenters. The van der Waals surface area contributed by atoms with E-state index in [0.717, 1.165) is 0 Å². The molecule has 1 saturated carbocycles. The summed E-state index contributed by atoms with van der Waals surface area (Å²) in [5.74, 6) is 1.21. The third-order valence-electron chi connectivity index (χ3n) is 4.11. The van der Waals surface area contributed by atoms with Gasteiger partial charge in [-0.25, -0.2) is 0 Å². The highest BCUT2D eigenvalue weighted by atomic mass is 32.1. The Labute approximate surface area is 123 Å². The van der Waals surface area contributed by atoms with E-state index in [4.69, 9.17) is 4.42 Å². The van der Waals surface area contributed by atoms with Crippen LogP contribution in [-0.4, -0.2) is 5.91 Å². The number of nitrogens with one attached hydrogen (secondary N) is 1. The fourth-order valence-corrected chi connectivity index (χ4v) is 3.89. The summed E-state index contributed by atoms with van der Waals surface area (Å²) < 4.78 is 5.23. The van der Waals surface area contributed by atoms with Crippen molar-refractivity contribution in [3.63, 3.8) is 0 Å². The van der Waals surface area contributed by atoms with Crippen molar-refractivity contribution < 1.29 is 9.21 Å². The Bertz CT molecular complexity index is 567. The molecule has 1 aliphatic rings. The number of aryl methyl sites for hydroxylation is 1. The van der Waals surface area contributed by atoms with Crippen LogP contribution in [-0.2, 0) is 0 Å². The monoisotopic (exact) mass is 289 g/mol. The Morgan fingerprint density at radius 2 is 2.20 bits per heavy atom. The summed E-state index contributed by atoms with van der Waals surface area (Å²) in [6.45, 7) is 1.82. The van der Waals surface area contributed by atoms with Crippen molar-refractivity contribution in [3.8, 4) is 0 Å². The largest absolute Gasteiger partial charge is 0.469 e. The van der Waals surface area contributed by atoms with E-state index in [1.54, 1.807) is 23.7 Å². The van der Waals surface area contributed by atoms with Crippen LogP contribution in [0.4, 0.5) is 0 Å². The van der Waals surface area contributed by atoms with Gasteiger partial charge in [0.25, 0.3) is 5.91 Å². The summed E-state index contributed by atoms with van der Waals surface area (Å²) in [5.41, 5.74) is 0.643. The maximum absolute atomic E-state index is 12.4. The number of carbonyl (C=O) groups excluding carboxylic acids is 1. The van der Waals surface area contributed by atoms with Crippen LogP contribution in [0.5, 0.6) is 0 Å². The lowest BCUT2D eigenvalue weighted by atomic mass is 9.96. The molecule has 2 aromatic rings. The first-order valence-corrected chi connectivity index (χ1v) is 8.02. The fourth-order valence-electron chi connectivity index (χ4n) is 3.02. The van der Waals surface area contributed by atoms with Crippen molar-refractivity contribution in [3.05, 3.63) is 46.0 Å². The van der Waals surface area contributed by atoms with Gasteiger partial charge in [-0.15, -0.1) is 11.3 Å². The minimum absolute atomic E-state index is 0.0263. The zero-order valence-corrected chi connectivity index (χ0v) is 12.4. The van der Waals surface area contributed by atoms with Crippen molar-refractivity contribution in [2.45, 2.75) is 38.6 Å². The molecule has 2 aromatic heterocycles. The van der Waals surface area contributed by atoms with Gasteiger partial charge >= 0.3 is 0 Å². The normalized spacial score (nSPS) is 17.2. The Morgan fingerprint density at radius 3 is 2.80 bits per heavy atom. The van der Waals surface area contributed by atoms with Crippen LogP contribution in [0.3, 0.4) is 0 Å². The molecule has 0 radical (unpaired) electrons. The molecule has 0 aromatic carbocycles. The maximum atomic E-state index is 12.4. The van der Waals surface area contributed by atoms with Gasteiger partial charge in [0.05, 0.1) is 17.9 Å². The lowest BCUT2D eigenvalue weighted by molar-refractivity contribution is 0.0921. The van der Waals surface area contributed by atoms with Gasteiger partial charge in [-0.1, -0.05) is 18.9 Å². The Kier molecular flexibility index (Phi) is 3.92. The first-order chi connectivity index (χ1) is 9.75. The van der Waals surface area contributed by atoms with Crippen LogP contribution < -0.4 is 5.32 Å². The summed E-state index contributed by atoms with van der Waals surface area (Å²) in [6, 6.07) is 6.05. The maximum Gasteiger partial charge on any atom is 0.255 e. The van der Waals surface area contributed by atoms with Gasteiger partial charge in [0.2, 0.25) is 0 Å². The molecule has 0 bridgehead atoms. The van der Waals surface area contributed by atoms with Crippen LogP contribution in [0.15, 0.2) is 34.3 Å². The molecule has 0 aliphatic heterocycles. The van der Waals surface area contributed by atoms with Crippen LogP contribution in [0.25, 0.3) is 0 Å². The highest BCUT2D eigenvalue weighted by Crippen LogP contribution is 2.37. The van der Waals surface area contributed by atoms with Crippen molar-refractivity contribution in [1.82, 2.24) is 5.32 Å². The van der Waals surface area contributed by atoms with Gasteiger partial charge in [0.15, 0.2) is 0 Å². The molecule has 0 saturated heterocycles. The summed E-state index contributed by atoms with van der Waals surface area (Å²) in [4.78, 5) is 13.7. The summed E-state index contributed by atoms with van der Waals surface area (Å²) in [5, 5.41) is 5.29. The Balaban J connectivity index is 1.80. The molecule has 4 heteroatoms. The van der Waals surface area contributed by atoms with Crippen molar-refractivity contribution in [2.24, 2.45) is 5.92 Å². The van der Waals surface area contributed by atoms with E-state index < -0.39 is 0 Å². The van der Waals surface area contributed by atoms with E-state index in [2.05, 4.69) is 22.8 Å². The van der Waals surface area contributed by atoms with Crippen LogP contribution >= 0.6 is 11.3 Å². The van der Waals surface area contributed by atoms with Gasteiger partial charge < -0.3 is 9.73 Å². The molecule has 2 heterocycles. The van der Waals surface area contributed by atoms with E-state index in [9.17, 15) is 4.79 Å². The Hall–Kier alpha value is -1.55. The molecule has 3 nitrogen and oxygen atoms in total. The number of hydrogen-bond donors (Lipinski definition) is 1. The summed E-state index contributed by atoms with van der Waals surface area (Å²) in [6.07, 6.45) is 6.51. The zero-order chi connectivity index (χ0) is 13.9. The smallest absolute Gasteiger partial charge is 0.255 e. The number of carbonyl (C=O) groups is 1. The molecule has 1 N–H and O–H groups in total. The summed E-state index contributed by atoms with van der Waals surface area (Å²) in [7, 11) is 0. The topological polar surface area (TPSA) is 42.2 Å². The third-order valence-corrected chi connectivity index (χ3v) is 5.07. The van der Waals surface area contributed by atoms with E-state index in [-0.39, 0.29) is 11.9 Å². The van der Waals surface area contributed by atoms with Gasteiger partial charge in [-0.05, 0) is 43.2 Å². The molecular formula is C16H19NO2S. The average Bonchev–Trinajstić information content (AvgIpc) is 3.18. The van der Waals surface area contributed by atoms with Gasteiger partial charge in [0, 0.05) is 4.88 Å². The van der Waals surface area contributed by atoms with Crippen LogP contribution in [0, 0.1) is 12.8 Å². The quantitative estimate of drug-likeness (QED) is 0.911. The first kappa shape index (κ1) is 13.4. The number of amides is 1. The standard InChI is InChI=1S/C16H19NO2S/c1-11-13(8-9-19-11)16(18)17-15(12-5-2-3-6-12)14-7-4-10-20-14/h4,7-10,12,15H,2-3,5-6H2,1H3,(H,17,18). The van der Waals surface area contributed by atoms with E-state index >= 15 is 0 Å². The van der Waals surface area contributed by atoms with E-state index in [0.29, 0.717) is 17.2 Å². The molecule has 1 fully saturated rings. The van der Waals surface area contributed by atoms with E-state index in [1.165, 1.54) is 30.6 Å². The predicted octanol–water partition coefficient (Wildman–Crippen LogP) is 4.31. The second-order valence-corrected chi connectivity index (χ2v) is 6.38. The van der Waals surface area contributed by atoms with Crippen molar-refractivity contribution in [1.29, 1.82) is 0 Å². The van der Waals surface area contributed by atoms with Crippen molar-refractivity contribution in [2.75, 3.05) is 0 Å². The number of furan rings is 1. The molecular weight excluding hydrogens is 270 g/mol. The van der Waals surface area contributed by atoms with E-state index in [1.807, 2.05) is 6.92 Å². The zero-order valence-electron chi connectivity index (χ0n) is 11.6.